The third kappa shape index (κ3) is 3.61. The van der Waals surface area contributed by atoms with Gasteiger partial charge in [-0.1, -0.05) is 6.07 Å². The van der Waals surface area contributed by atoms with Gasteiger partial charge in [0.05, 0.1) is 30.2 Å². The highest BCUT2D eigenvalue weighted by atomic mass is 16.5. The molecule has 2 heterocycles. The number of ether oxygens (including phenoxy) is 1. The number of carbonyl (C=O) groups excluding carboxylic acids is 1. The molecule has 2 N–H and O–H groups in total. The van der Waals surface area contributed by atoms with Gasteiger partial charge in [-0.05, 0) is 43.5 Å². The van der Waals surface area contributed by atoms with E-state index in [2.05, 4.69) is 10.4 Å². The Labute approximate surface area is 147 Å². The van der Waals surface area contributed by atoms with Gasteiger partial charge in [0, 0.05) is 20.2 Å². The summed E-state index contributed by atoms with van der Waals surface area (Å²) in [6, 6.07) is 5.20. The lowest BCUT2D eigenvalue weighted by atomic mass is 10.00. The summed E-state index contributed by atoms with van der Waals surface area (Å²) in [6.07, 6.45) is 0.786. The molecule has 1 aliphatic rings. The summed E-state index contributed by atoms with van der Waals surface area (Å²) in [4.78, 5) is 14.4. The number of carbonyl (C=O) groups is 1. The van der Waals surface area contributed by atoms with E-state index in [4.69, 9.17) is 4.74 Å². The number of hydrogen-bond donors (Lipinski definition) is 2. The number of anilines is 1. The molecule has 0 radical (unpaired) electrons. The normalized spacial score (nSPS) is 13.6. The predicted molar refractivity (Wildman–Crippen MR) is 94.8 cm³/mol. The minimum Gasteiger partial charge on any atom is -0.508 e. The zero-order chi connectivity index (χ0) is 18.0. The monoisotopic (exact) mass is 344 g/mol. The van der Waals surface area contributed by atoms with Gasteiger partial charge in [0.2, 0.25) is 0 Å². The molecule has 0 aliphatic carbocycles. The van der Waals surface area contributed by atoms with E-state index in [0.717, 1.165) is 29.1 Å². The lowest BCUT2D eigenvalue weighted by Crippen LogP contribution is -2.39. The third-order valence-electron chi connectivity index (χ3n) is 4.61. The zero-order valence-electron chi connectivity index (χ0n) is 14.9. The second kappa shape index (κ2) is 7.14. The molecule has 1 aromatic heterocycles. The van der Waals surface area contributed by atoms with E-state index in [9.17, 15) is 9.90 Å². The maximum atomic E-state index is 12.7. The number of rotatable bonds is 4. The molecule has 0 saturated heterocycles. The molecule has 25 heavy (non-hydrogen) atoms. The van der Waals surface area contributed by atoms with Crippen molar-refractivity contribution in [2.75, 3.05) is 25.6 Å². The molecule has 134 valence electrons. The van der Waals surface area contributed by atoms with Crippen LogP contribution in [0.5, 0.6) is 5.75 Å². The highest BCUT2D eigenvalue weighted by molar-refractivity contribution is 5.90. The quantitative estimate of drug-likeness (QED) is 0.893. The van der Waals surface area contributed by atoms with Gasteiger partial charge in [-0.3, -0.25) is 4.68 Å². The Morgan fingerprint density at radius 3 is 2.92 bits per heavy atom. The van der Waals surface area contributed by atoms with Crippen molar-refractivity contribution in [3.8, 4) is 5.75 Å². The van der Waals surface area contributed by atoms with Gasteiger partial charge in [0.1, 0.15) is 5.75 Å². The maximum absolute atomic E-state index is 12.7. The molecule has 0 spiro atoms. The average molecular weight is 344 g/mol. The largest absolute Gasteiger partial charge is 0.508 e. The van der Waals surface area contributed by atoms with Gasteiger partial charge in [-0.25, -0.2) is 4.79 Å². The Morgan fingerprint density at radius 2 is 2.16 bits per heavy atom. The summed E-state index contributed by atoms with van der Waals surface area (Å²) in [5, 5.41) is 17.1. The second-order valence-electron chi connectivity index (χ2n) is 6.32. The number of hydrogen-bond acceptors (Lipinski definition) is 4. The van der Waals surface area contributed by atoms with Crippen LogP contribution in [0, 0.1) is 13.8 Å². The van der Waals surface area contributed by atoms with Crippen molar-refractivity contribution in [1.82, 2.24) is 14.7 Å². The number of aromatic nitrogens is 2. The minimum atomic E-state index is -0.147. The zero-order valence-corrected chi connectivity index (χ0v) is 14.9. The summed E-state index contributed by atoms with van der Waals surface area (Å²) >= 11 is 0. The molecule has 3 rings (SSSR count). The van der Waals surface area contributed by atoms with E-state index in [0.29, 0.717) is 26.2 Å². The summed E-state index contributed by atoms with van der Waals surface area (Å²) in [5.41, 5.74) is 4.63. The molecule has 1 aromatic carbocycles. The lowest BCUT2D eigenvalue weighted by molar-refractivity contribution is 0.182. The third-order valence-corrected chi connectivity index (χ3v) is 4.61. The van der Waals surface area contributed by atoms with Gasteiger partial charge in [0.25, 0.3) is 0 Å². The van der Waals surface area contributed by atoms with Crippen LogP contribution in [0.15, 0.2) is 18.2 Å². The smallest absolute Gasteiger partial charge is 0.322 e. The number of urea groups is 1. The first-order chi connectivity index (χ1) is 12.0. The van der Waals surface area contributed by atoms with Gasteiger partial charge in [-0.2, -0.15) is 5.10 Å². The van der Waals surface area contributed by atoms with Gasteiger partial charge >= 0.3 is 6.03 Å². The van der Waals surface area contributed by atoms with Crippen molar-refractivity contribution in [2.45, 2.75) is 33.4 Å². The number of phenols is 1. The van der Waals surface area contributed by atoms with E-state index < -0.39 is 0 Å². The topological polar surface area (TPSA) is 79.6 Å². The fourth-order valence-electron chi connectivity index (χ4n) is 3.18. The summed E-state index contributed by atoms with van der Waals surface area (Å²) < 4.78 is 6.94. The number of phenolic OH excluding ortho intramolecular Hbond substituents is 1. The number of benzene rings is 1. The molecule has 2 aromatic rings. The van der Waals surface area contributed by atoms with Gasteiger partial charge < -0.3 is 20.1 Å². The SMILES string of the molecule is COCCn1nc(C)c(NC(=O)N2CCc3ccc(O)cc3C2)c1C. The van der Waals surface area contributed by atoms with Crippen molar-refractivity contribution in [2.24, 2.45) is 0 Å². The number of aryl methyl sites for hydroxylation is 1. The molecular weight excluding hydrogens is 320 g/mol. The van der Waals surface area contributed by atoms with Crippen molar-refractivity contribution < 1.29 is 14.6 Å². The fourth-order valence-corrected chi connectivity index (χ4v) is 3.18. The highest BCUT2D eigenvalue weighted by Gasteiger charge is 2.23. The van der Waals surface area contributed by atoms with Gasteiger partial charge in [0.15, 0.2) is 0 Å². The van der Waals surface area contributed by atoms with Crippen LogP contribution in [0.25, 0.3) is 0 Å². The first-order valence-electron chi connectivity index (χ1n) is 8.39. The van der Waals surface area contributed by atoms with Crippen molar-refractivity contribution >= 4 is 11.7 Å². The van der Waals surface area contributed by atoms with Crippen LogP contribution in [-0.4, -0.2) is 46.1 Å². The Kier molecular flexibility index (Phi) is 4.94. The summed E-state index contributed by atoms with van der Waals surface area (Å²) in [5.74, 6) is 0.229. The Hall–Kier alpha value is -2.54. The molecule has 0 bridgehead atoms. The number of nitrogens with one attached hydrogen (secondary N) is 1. The highest BCUT2D eigenvalue weighted by Crippen LogP contribution is 2.25. The number of amides is 2. The van der Waals surface area contributed by atoms with Gasteiger partial charge in [-0.15, -0.1) is 0 Å². The average Bonchev–Trinajstić information content (AvgIpc) is 2.86. The number of methoxy groups -OCH3 is 1. The number of aromatic hydroxyl groups is 1. The van der Waals surface area contributed by atoms with Crippen LogP contribution >= 0.6 is 0 Å². The number of fused-ring (bicyclic) bond motifs is 1. The van der Waals surface area contributed by atoms with Crippen molar-refractivity contribution in [3.63, 3.8) is 0 Å². The van der Waals surface area contributed by atoms with Crippen molar-refractivity contribution in [3.05, 3.63) is 40.7 Å². The molecule has 0 unspecified atom stereocenters. The molecule has 7 heteroatoms. The van der Waals surface area contributed by atoms with E-state index in [1.165, 1.54) is 5.56 Å². The molecule has 7 nitrogen and oxygen atoms in total. The maximum Gasteiger partial charge on any atom is 0.322 e. The minimum absolute atomic E-state index is 0.147. The Bertz CT molecular complexity index is 785. The second-order valence-corrected chi connectivity index (χ2v) is 6.32. The first-order valence-corrected chi connectivity index (χ1v) is 8.39. The molecule has 0 atom stereocenters. The van der Waals surface area contributed by atoms with Crippen molar-refractivity contribution in [1.29, 1.82) is 0 Å². The van der Waals surface area contributed by atoms with Crippen LogP contribution in [0.2, 0.25) is 0 Å². The van der Waals surface area contributed by atoms with E-state index in [1.807, 2.05) is 24.6 Å². The molecule has 0 fully saturated rings. The van der Waals surface area contributed by atoms with E-state index in [1.54, 1.807) is 24.1 Å². The van der Waals surface area contributed by atoms with Crippen LogP contribution < -0.4 is 5.32 Å². The molecule has 1 aliphatic heterocycles. The van der Waals surface area contributed by atoms with Crippen LogP contribution in [0.3, 0.4) is 0 Å². The van der Waals surface area contributed by atoms with Crippen LogP contribution in [-0.2, 0) is 24.2 Å². The van der Waals surface area contributed by atoms with Crippen LogP contribution in [0.1, 0.15) is 22.5 Å². The summed E-state index contributed by atoms with van der Waals surface area (Å²) in [7, 11) is 1.65. The van der Waals surface area contributed by atoms with E-state index >= 15 is 0 Å². The first kappa shape index (κ1) is 17.3. The van der Waals surface area contributed by atoms with Crippen LogP contribution in [0.4, 0.5) is 10.5 Å². The van der Waals surface area contributed by atoms with E-state index in [-0.39, 0.29) is 11.8 Å². The number of nitrogens with zero attached hydrogens (tertiary/aromatic N) is 3. The molecule has 0 saturated carbocycles. The lowest BCUT2D eigenvalue weighted by Gasteiger charge is -2.29. The summed E-state index contributed by atoms with van der Waals surface area (Å²) in [6.45, 7) is 6.19. The molecule has 2 amide bonds. The Balaban J connectivity index is 1.72. The predicted octanol–water partition coefficient (Wildman–Crippen LogP) is 2.44. The Morgan fingerprint density at radius 1 is 1.36 bits per heavy atom. The standard InChI is InChI=1S/C18H24N4O3/c1-12-17(13(2)22(20-12)8-9-25-3)19-18(24)21-7-6-14-4-5-16(23)10-15(14)11-21/h4-5,10,23H,6-9,11H2,1-3H3,(H,19,24). The fraction of sp³-hybridized carbons (Fsp3) is 0.444. The molecular formula is C18H24N4O3.